The molecule has 1 aromatic rings. The molecule has 0 spiro atoms. The normalized spacial score (nSPS) is 22.9. The lowest BCUT2D eigenvalue weighted by Gasteiger charge is -2.48. The average molecular weight is 281 g/mol. The molecular formula is C15H21F2N3. The summed E-state index contributed by atoms with van der Waals surface area (Å²) >= 11 is 0. The van der Waals surface area contributed by atoms with Crippen LogP contribution >= 0.6 is 0 Å². The lowest BCUT2D eigenvalue weighted by atomic mass is 10.0. The second kappa shape index (κ2) is 5.76. The van der Waals surface area contributed by atoms with Crippen LogP contribution in [0.5, 0.6) is 0 Å². The first kappa shape index (κ1) is 13.9. The fourth-order valence-electron chi connectivity index (χ4n) is 3.00. The van der Waals surface area contributed by atoms with Crippen molar-refractivity contribution in [3.63, 3.8) is 0 Å². The van der Waals surface area contributed by atoms with Gasteiger partial charge in [-0.3, -0.25) is 9.80 Å². The predicted octanol–water partition coefficient (Wildman–Crippen LogP) is 1.40. The highest BCUT2D eigenvalue weighted by Gasteiger charge is 2.33. The quantitative estimate of drug-likeness (QED) is 0.829. The van der Waals surface area contributed by atoms with Crippen LogP contribution in [0, 0.1) is 11.6 Å². The van der Waals surface area contributed by atoms with Crippen LogP contribution in [0.15, 0.2) is 18.2 Å². The van der Waals surface area contributed by atoms with Crippen LogP contribution in [0.3, 0.4) is 0 Å². The highest BCUT2D eigenvalue weighted by molar-refractivity contribution is 5.19. The molecule has 0 N–H and O–H groups in total. The van der Waals surface area contributed by atoms with Gasteiger partial charge < -0.3 is 4.90 Å². The molecule has 0 aliphatic carbocycles. The number of benzene rings is 1. The number of hydrogen-bond acceptors (Lipinski definition) is 3. The first-order chi connectivity index (χ1) is 9.61. The number of piperazine rings is 1. The van der Waals surface area contributed by atoms with E-state index in [4.69, 9.17) is 0 Å². The first-order valence-corrected chi connectivity index (χ1v) is 7.21. The third-order valence-electron chi connectivity index (χ3n) is 4.39. The minimum absolute atomic E-state index is 0.311. The van der Waals surface area contributed by atoms with Crippen LogP contribution < -0.4 is 0 Å². The maximum Gasteiger partial charge on any atom is 0.127 e. The van der Waals surface area contributed by atoms with Gasteiger partial charge in [0.1, 0.15) is 11.6 Å². The predicted molar refractivity (Wildman–Crippen MR) is 74.5 cm³/mol. The Balaban J connectivity index is 1.49. The number of halogens is 2. The zero-order valence-corrected chi connectivity index (χ0v) is 11.9. The van der Waals surface area contributed by atoms with E-state index < -0.39 is 0 Å². The maximum atomic E-state index is 13.6. The number of hydrogen-bond donors (Lipinski definition) is 0. The van der Waals surface area contributed by atoms with Gasteiger partial charge in [0.05, 0.1) is 0 Å². The van der Waals surface area contributed by atoms with E-state index >= 15 is 0 Å². The van der Waals surface area contributed by atoms with E-state index in [2.05, 4.69) is 21.7 Å². The summed E-state index contributed by atoms with van der Waals surface area (Å²) in [5.74, 6) is -0.674. The summed E-state index contributed by atoms with van der Waals surface area (Å²) in [4.78, 5) is 7.04. The van der Waals surface area contributed by atoms with Crippen molar-refractivity contribution in [2.75, 3.05) is 46.3 Å². The molecule has 1 aromatic carbocycles. The third-order valence-corrected chi connectivity index (χ3v) is 4.39. The summed E-state index contributed by atoms with van der Waals surface area (Å²) in [6, 6.07) is 4.27. The molecule has 2 fully saturated rings. The van der Waals surface area contributed by atoms with Gasteiger partial charge in [-0.05, 0) is 25.2 Å². The molecule has 0 saturated carbocycles. The second-order valence-electron chi connectivity index (χ2n) is 5.92. The number of likely N-dealkylation sites (tertiary alicyclic amines) is 1. The Morgan fingerprint density at radius 3 is 2.50 bits per heavy atom. The van der Waals surface area contributed by atoms with Crippen LogP contribution in [-0.4, -0.2) is 67.1 Å². The molecule has 0 atom stereocenters. The van der Waals surface area contributed by atoms with Gasteiger partial charge in [0.25, 0.3) is 0 Å². The third kappa shape index (κ3) is 3.00. The van der Waals surface area contributed by atoms with Crippen LogP contribution in [0.25, 0.3) is 0 Å². The molecule has 2 heterocycles. The van der Waals surface area contributed by atoms with Crippen molar-refractivity contribution in [3.05, 3.63) is 35.4 Å². The van der Waals surface area contributed by atoms with Gasteiger partial charge in [0, 0.05) is 57.4 Å². The molecule has 0 aromatic heterocycles. The van der Waals surface area contributed by atoms with Crippen molar-refractivity contribution in [1.82, 2.24) is 14.7 Å². The van der Waals surface area contributed by atoms with E-state index in [-0.39, 0.29) is 11.6 Å². The lowest BCUT2D eigenvalue weighted by Crippen LogP contribution is -2.62. The smallest absolute Gasteiger partial charge is 0.127 e. The van der Waals surface area contributed by atoms with Gasteiger partial charge in [-0.25, -0.2) is 8.78 Å². The van der Waals surface area contributed by atoms with Gasteiger partial charge in [-0.15, -0.1) is 0 Å². The molecule has 0 bridgehead atoms. The Kier molecular flexibility index (Phi) is 4.01. The van der Waals surface area contributed by atoms with Gasteiger partial charge in [-0.2, -0.15) is 0 Å². The summed E-state index contributed by atoms with van der Waals surface area (Å²) in [7, 11) is 2.15. The van der Waals surface area contributed by atoms with E-state index in [0.717, 1.165) is 39.3 Å². The van der Waals surface area contributed by atoms with Crippen LogP contribution in [-0.2, 0) is 6.54 Å². The molecule has 0 unspecified atom stereocenters. The summed E-state index contributed by atoms with van der Waals surface area (Å²) in [5, 5.41) is 0. The number of rotatable bonds is 3. The highest BCUT2D eigenvalue weighted by Crippen LogP contribution is 2.20. The zero-order valence-electron chi connectivity index (χ0n) is 11.9. The maximum absolute atomic E-state index is 13.6. The SMILES string of the molecule is CN1CCN(C2CN(Cc3cc(F)ccc3F)C2)CC1. The van der Waals surface area contributed by atoms with Crippen molar-refractivity contribution in [2.45, 2.75) is 12.6 Å². The van der Waals surface area contributed by atoms with Crippen molar-refractivity contribution in [1.29, 1.82) is 0 Å². The Labute approximate surface area is 118 Å². The molecule has 5 heteroatoms. The van der Waals surface area contributed by atoms with E-state index in [0.29, 0.717) is 18.2 Å². The van der Waals surface area contributed by atoms with E-state index in [1.54, 1.807) is 0 Å². The molecule has 3 nitrogen and oxygen atoms in total. The minimum atomic E-state index is -0.363. The van der Waals surface area contributed by atoms with Crippen molar-refractivity contribution < 1.29 is 8.78 Å². The Morgan fingerprint density at radius 1 is 1.10 bits per heavy atom. The molecule has 2 saturated heterocycles. The topological polar surface area (TPSA) is 9.72 Å². The molecule has 3 rings (SSSR count). The Morgan fingerprint density at radius 2 is 1.80 bits per heavy atom. The minimum Gasteiger partial charge on any atom is -0.304 e. The molecule has 0 radical (unpaired) electrons. The van der Waals surface area contributed by atoms with Crippen molar-refractivity contribution in [2.24, 2.45) is 0 Å². The van der Waals surface area contributed by atoms with Gasteiger partial charge in [0.15, 0.2) is 0 Å². The monoisotopic (exact) mass is 281 g/mol. The Hall–Kier alpha value is -1.04. The molecule has 2 aliphatic rings. The number of likely N-dealkylation sites (N-methyl/N-ethyl adjacent to an activating group) is 1. The zero-order chi connectivity index (χ0) is 14.1. The fourth-order valence-corrected chi connectivity index (χ4v) is 3.00. The largest absolute Gasteiger partial charge is 0.304 e. The first-order valence-electron chi connectivity index (χ1n) is 7.21. The summed E-state index contributed by atoms with van der Waals surface area (Å²) in [6.07, 6.45) is 0. The van der Waals surface area contributed by atoms with Crippen LogP contribution in [0.2, 0.25) is 0 Å². The van der Waals surface area contributed by atoms with Gasteiger partial charge >= 0.3 is 0 Å². The average Bonchev–Trinajstić information content (AvgIpc) is 2.39. The Bertz CT molecular complexity index is 466. The highest BCUT2D eigenvalue weighted by atomic mass is 19.1. The van der Waals surface area contributed by atoms with Crippen molar-refractivity contribution >= 4 is 0 Å². The molecule has 20 heavy (non-hydrogen) atoms. The summed E-state index contributed by atoms with van der Waals surface area (Å²) in [5.41, 5.74) is 0.460. The van der Waals surface area contributed by atoms with E-state index in [9.17, 15) is 8.78 Å². The molecule has 2 aliphatic heterocycles. The molecular weight excluding hydrogens is 260 g/mol. The second-order valence-corrected chi connectivity index (χ2v) is 5.92. The number of nitrogens with zero attached hydrogens (tertiary/aromatic N) is 3. The molecule has 0 amide bonds. The van der Waals surface area contributed by atoms with E-state index in [1.807, 2.05) is 0 Å². The fraction of sp³-hybridized carbons (Fsp3) is 0.600. The van der Waals surface area contributed by atoms with Crippen molar-refractivity contribution in [3.8, 4) is 0 Å². The van der Waals surface area contributed by atoms with Crippen LogP contribution in [0.4, 0.5) is 8.78 Å². The summed E-state index contributed by atoms with van der Waals surface area (Å²) < 4.78 is 26.7. The van der Waals surface area contributed by atoms with Gasteiger partial charge in [-0.1, -0.05) is 0 Å². The standard InChI is InChI=1S/C15H21F2N3/c1-18-4-6-20(7-5-18)14-10-19(11-14)9-12-8-13(16)2-3-15(12)17/h2-3,8,14H,4-7,9-11H2,1H3. The molecule has 110 valence electrons. The summed E-state index contributed by atoms with van der Waals surface area (Å²) in [6.45, 7) is 6.89. The van der Waals surface area contributed by atoms with Gasteiger partial charge in [0.2, 0.25) is 0 Å². The van der Waals surface area contributed by atoms with E-state index in [1.165, 1.54) is 18.2 Å². The van der Waals surface area contributed by atoms with Crippen LogP contribution in [0.1, 0.15) is 5.56 Å². The lowest BCUT2D eigenvalue weighted by molar-refractivity contribution is 0.00495.